The van der Waals surface area contributed by atoms with Crippen LogP contribution >= 0.6 is 0 Å². The quantitative estimate of drug-likeness (QED) is 0.501. The van der Waals surface area contributed by atoms with Crippen molar-refractivity contribution in [3.63, 3.8) is 0 Å². The van der Waals surface area contributed by atoms with Crippen LogP contribution in [0.1, 0.15) is 26.7 Å². The second-order valence-corrected chi connectivity index (χ2v) is 4.24. The minimum atomic E-state index is 0.443. The Kier molecular flexibility index (Phi) is 1.30. The Bertz CT molecular complexity index is 224. The molecule has 0 amide bonds. The summed E-state index contributed by atoms with van der Waals surface area (Å²) in [6.07, 6.45) is 7.27. The summed E-state index contributed by atoms with van der Waals surface area (Å²) in [5, 5.41) is 0. The number of fused-ring (bicyclic) bond motifs is 1. The average Bonchev–Trinajstić information content (AvgIpc) is 2.02. The lowest BCUT2D eigenvalue weighted by Gasteiger charge is -2.56. The van der Waals surface area contributed by atoms with Crippen molar-refractivity contribution < 1.29 is 0 Å². The Morgan fingerprint density at radius 2 is 2.45 bits per heavy atom. The van der Waals surface area contributed by atoms with Gasteiger partial charge in [0.1, 0.15) is 0 Å². The van der Waals surface area contributed by atoms with Crippen molar-refractivity contribution in [1.29, 1.82) is 0 Å². The summed E-state index contributed by atoms with van der Waals surface area (Å²) in [6, 6.07) is 0. The summed E-state index contributed by atoms with van der Waals surface area (Å²) < 4.78 is 0. The van der Waals surface area contributed by atoms with Gasteiger partial charge in [0.05, 0.1) is 0 Å². The molecular weight excluding hydrogens is 132 g/mol. The van der Waals surface area contributed by atoms with Crippen LogP contribution in [0.3, 0.4) is 0 Å². The van der Waals surface area contributed by atoms with Crippen molar-refractivity contribution in [1.82, 2.24) is 0 Å². The molecule has 1 saturated carbocycles. The monoisotopic (exact) mass is 148 g/mol. The van der Waals surface area contributed by atoms with Gasteiger partial charge in [0.2, 0.25) is 0 Å². The van der Waals surface area contributed by atoms with Crippen LogP contribution in [0.2, 0.25) is 0 Å². The molecule has 0 N–H and O–H groups in total. The highest BCUT2D eigenvalue weighted by Gasteiger charge is 2.51. The van der Waals surface area contributed by atoms with Crippen molar-refractivity contribution >= 4 is 0 Å². The fourth-order valence-corrected chi connectivity index (χ4v) is 2.72. The Labute approximate surface area is 69.0 Å². The molecule has 0 aliphatic heterocycles. The van der Waals surface area contributed by atoms with Gasteiger partial charge in [-0.15, -0.1) is 6.58 Å². The Hall–Kier alpha value is -0.520. The first-order valence-electron chi connectivity index (χ1n) is 4.48. The van der Waals surface area contributed by atoms with Crippen LogP contribution in [0.4, 0.5) is 0 Å². The molecule has 3 rings (SSSR count). The van der Waals surface area contributed by atoms with E-state index in [1.54, 1.807) is 5.57 Å². The molecule has 3 aliphatic rings. The van der Waals surface area contributed by atoms with Crippen LogP contribution in [-0.2, 0) is 0 Å². The van der Waals surface area contributed by atoms with E-state index in [9.17, 15) is 0 Å². The molecule has 0 saturated heterocycles. The van der Waals surface area contributed by atoms with Gasteiger partial charge in [-0.25, -0.2) is 0 Å². The van der Waals surface area contributed by atoms with Gasteiger partial charge in [-0.3, -0.25) is 0 Å². The lowest BCUT2D eigenvalue weighted by Crippen LogP contribution is -2.48. The van der Waals surface area contributed by atoms with E-state index in [0.717, 1.165) is 11.8 Å². The molecule has 1 fully saturated rings. The van der Waals surface area contributed by atoms with Crippen LogP contribution in [0.5, 0.6) is 0 Å². The van der Waals surface area contributed by atoms with Crippen molar-refractivity contribution in [2.24, 2.45) is 17.3 Å². The van der Waals surface area contributed by atoms with Gasteiger partial charge in [0.15, 0.2) is 0 Å². The van der Waals surface area contributed by atoms with Gasteiger partial charge < -0.3 is 0 Å². The summed E-state index contributed by atoms with van der Waals surface area (Å²) in [5.74, 6) is 1.72. The molecule has 2 bridgehead atoms. The molecule has 3 atom stereocenters. The van der Waals surface area contributed by atoms with E-state index < -0.39 is 0 Å². The van der Waals surface area contributed by atoms with Gasteiger partial charge in [-0.1, -0.05) is 24.6 Å². The zero-order valence-corrected chi connectivity index (χ0v) is 7.43. The van der Waals surface area contributed by atoms with Gasteiger partial charge in [-0.2, -0.15) is 0 Å². The molecule has 0 spiro atoms. The molecule has 0 aromatic heterocycles. The third-order valence-corrected chi connectivity index (χ3v) is 3.86. The lowest BCUT2D eigenvalue weighted by atomic mass is 9.48. The van der Waals surface area contributed by atoms with E-state index in [4.69, 9.17) is 0 Å². The van der Waals surface area contributed by atoms with E-state index in [2.05, 4.69) is 32.6 Å². The Morgan fingerprint density at radius 3 is 2.82 bits per heavy atom. The maximum Gasteiger partial charge on any atom is -0.00524 e. The van der Waals surface area contributed by atoms with E-state index in [1.807, 2.05) is 0 Å². The van der Waals surface area contributed by atoms with Crippen LogP contribution in [0.25, 0.3) is 0 Å². The van der Waals surface area contributed by atoms with Crippen molar-refractivity contribution in [2.45, 2.75) is 26.7 Å². The van der Waals surface area contributed by atoms with Crippen molar-refractivity contribution in [2.75, 3.05) is 0 Å². The van der Waals surface area contributed by atoms with E-state index in [1.165, 1.54) is 12.8 Å². The van der Waals surface area contributed by atoms with Gasteiger partial charge >= 0.3 is 0 Å². The van der Waals surface area contributed by atoms with E-state index >= 15 is 0 Å². The summed E-state index contributed by atoms with van der Waals surface area (Å²) >= 11 is 0. The third kappa shape index (κ3) is 0.702. The fourth-order valence-electron chi connectivity index (χ4n) is 2.72. The fraction of sp³-hybridized carbons (Fsp3) is 0.636. The second-order valence-electron chi connectivity index (χ2n) is 4.24. The third-order valence-electron chi connectivity index (χ3n) is 3.86. The normalized spacial score (nSPS) is 47.6. The highest BCUT2D eigenvalue weighted by atomic mass is 14.5. The van der Waals surface area contributed by atoms with E-state index in [0.29, 0.717) is 5.41 Å². The zero-order chi connectivity index (χ0) is 8.06. The van der Waals surface area contributed by atoms with E-state index in [-0.39, 0.29) is 0 Å². The smallest absolute Gasteiger partial charge is 0.00524 e. The van der Waals surface area contributed by atoms with Gasteiger partial charge in [-0.05, 0) is 37.0 Å². The van der Waals surface area contributed by atoms with Crippen molar-refractivity contribution in [3.8, 4) is 0 Å². The molecule has 0 aromatic carbocycles. The minimum absolute atomic E-state index is 0.443. The first-order chi connectivity index (χ1) is 5.18. The standard InChI is InChI=1S/C11H16/c1-4-11(3)9-6-5-8(2)10(11)7-9/h4-5,9-10H,1,6-7H2,2-3H3/t9-,10-,11-/m1/s1. The van der Waals surface area contributed by atoms with Crippen LogP contribution in [0, 0.1) is 17.3 Å². The largest absolute Gasteiger partial charge is 0.103 e. The minimum Gasteiger partial charge on any atom is -0.103 e. The SMILES string of the molecule is C=C[C@]1(C)[C@@H]2CC=C(C)[C@H]1C2. The summed E-state index contributed by atoms with van der Waals surface area (Å²) in [7, 11) is 0. The molecule has 0 heteroatoms. The topological polar surface area (TPSA) is 0 Å². The molecule has 0 nitrogen and oxygen atoms in total. The predicted octanol–water partition coefficient (Wildman–Crippen LogP) is 3.16. The molecule has 60 valence electrons. The second kappa shape index (κ2) is 2.00. The summed E-state index contributed by atoms with van der Waals surface area (Å²) in [5.41, 5.74) is 2.04. The van der Waals surface area contributed by atoms with Crippen LogP contribution in [0.15, 0.2) is 24.3 Å². The maximum atomic E-state index is 3.94. The molecule has 3 aliphatic carbocycles. The van der Waals surface area contributed by atoms with Crippen LogP contribution in [-0.4, -0.2) is 0 Å². The number of allylic oxidation sites excluding steroid dienone is 3. The highest BCUT2D eigenvalue weighted by Crippen LogP contribution is 2.59. The first-order valence-corrected chi connectivity index (χ1v) is 4.48. The molecule has 0 aromatic rings. The Morgan fingerprint density at radius 1 is 1.73 bits per heavy atom. The highest BCUT2D eigenvalue weighted by molar-refractivity contribution is 5.26. The Balaban J connectivity index is 2.32. The number of hydrogen-bond donors (Lipinski definition) is 0. The predicted molar refractivity (Wildman–Crippen MR) is 48.3 cm³/mol. The molecule has 0 heterocycles. The number of rotatable bonds is 1. The first kappa shape index (κ1) is 7.15. The summed E-state index contributed by atoms with van der Waals surface area (Å²) in [6.45, 7) is 8.57. The molecular formula is C11H16. The maximum absolute atomic E-state index is 3.94. The van der Waals surface area contributed by atoms with Gasteiger partial charge in [0, 0.05) is 0 Å². The lowest BCUT2D eigenvalue weighted by molar-refractivity contribution is 0.0241. The summed E-state index contributed by atoms with van der Waals surface area (Å²) in [4.78, 5) is 0. The average molecular weight is 148 g/mol. The molecule has 0 radical (unpaired) electrons. The molecule has 0 unspecified atom stereocenters. The van der Waals surface area contributed by atoms with Crippen molar-refractivity contribution in [3.05, 3.63) is 24.3 Å². The zero-order valence-electron chi connectivity index (χ0n) is 7.43. The van der Waals surface area contributed by atoms with Crippen LogP contribution < -0.4 is 0 Å². The number of hydrogen-bond acceptors (Lipinski definition) is 0. The molecule has 11 heavy (non-hydrogen) atoms. The van der Waals surface area contributed by atoms with Gasteiger partial charge in [0.25, 0.3) is 0 Å².